The molecule has 0 radical (unpaired) electrons. The fourth-order valence-electron chi connectivity index (χ4n) is 5.68. The molecular weight excluding hydrogens is 564 g/mol. The molecule has 0 saturated carbocycles. The smallest absolute Gasteiger partial charge is 0.319 e. The third-order valence-electron chi connectivity index (χ3n) is 8.91. The van der Waals surface area contributed by atoms with Crippen molar-refractivity contribution in [3.05, 3.63) is 0 Å². The van der Waals surface area contributed by atoms with Crippen LogP contribution >= 0.6 is 0 Å². The number of ether oxygens (including phenoxy) is 3. The molecule has 0 atom stereocenters. The third-order valence-corrected chi connectivity index (χ3v) is 8.91. The number of rotatable bonds is 34. The van der Waals surface area contributed by atoms with Gasteiger partial charge in [0.15, 0.2) is 0 Å². The van der Waals surface area contributed by atoms with Gasteiger partial charge in [-0.1, -0.05) is 169 Å². The molecule has 0 heterocycles. The molecule has 0 spiro atoms. The van der Waals surface area contributed by atoms with Gasteiger partial charge in [0.2, 0.25) is 0 Å². The van der Waals surface area contributed by atoms with E-state index in [0.29, 0.717) is 25.9 Å². The molecule has 6 nitrogen and oxygen atoms in total. The molecule has 0 bridgehead atoms. The Kier molecular flexibility index (Phi) is 31.2. The first-order chi connectivity index (χ1) is 22.0. The highest BCUT2D eigenvalue weighted by molar-refractivity contribution is 5.79. The maximum atomic E-state index is 13.6. The van der Waals surface area contributed by atoms with Crippen LogP contribution in [0.3, 0.4) is 0 Å². The Hall–Kier alpha value is -1.59. The van der Waals surface area contributed by atoms with Crippen LogP contribution in [0.25, 0.3) is 0 Å². The van der Waals surface area contributed by atoms with Gasteiger partial charge >= 0.3 is 17.9 Å². The summed E-state index contributed by atoms with van der Waals surface area (Å²) in [5.74, 6) is -0.963. The first kappa shape index (κ1) is 43.4. The maximum absolute atomic E-state index is 13.6. The van der Waals surface area contributed by atoms with E-state index in [1.54, 1.807) is 0 Å². The Balaban J connectivity index is 5.12. The lowest BCUT2D eigenvalue weighted by molar-refractivity contribution is -0.173. The van der Waals surface area contributed by atoms with E-state index < -0.39 is 11.4 Å². The summed E-state index contributed by atoms with van der Waals surface area (Å²) in [6.45, 7) is 8.86. The average Bonchev–Trinajstić information content (AvgIpc) is 3.04. The van der Waals surface area contributed by atoms with Crippen LogP contribution in [-0.2, 0) is 28.6 Å². The summed E-state index contributed by atoms with van der Waals surface area (Å²) in [7, 11) is 0. The van der Waals surface area contributed by atoms with Gasteiger partial charge in [0.05, 0.1) is 6.61 Å². The second kappa shape index (κ2) is 32.4. The van der Waals surface area contributed by atoms with Gasteiger partial charge in [0.1, 0.15) is 18.6 Å². The predicted octanol–water partition coefficient (Wildman–Crippen LogP) is 11.6. The van der Waals surface area contributed by atoms with Crippen molar-refractivity contribution in [1.29, 1.82) is 0 Å². The molecule has 0 aliphatic heterocycles. The van der Waals surface area contributed by atoms with Crippen molar-refractivity contribution in [2.24, 2.45) is 5.41 Å². The van der Waals surface area contributed by atoms with Gasteiger partial charge in [0.25, 0.3) is 0 Å². The molecule has 0 aromatic carbocycles. The van der Waals surface area contributed by atoms with Gasteiger partial charge in [-0.15, -0.1) is 0 Å². The van der Waals surface area contributed by atoms with Crippen molar-refractivity contribution in [1.82, 2.24) is 0 Å². The summed E-state index contributed by atoms with van der Waals surface area (Å²) in [5, 5.41) is 0. The second-order valence-corrected chi connectivity index (χ2v) is 13.4. The summed E-state index contributed by atoms with van der Waals surface area (Å²) in [6.07, 6.45) is 29.2. The lowest BCUT2D eigenvalue weighted by Crippen LogP contribution is -2.43. The molecular formula is C39H74O6. The van der Waals surface area contributed by atoms with Crippen LogP contribution in [0.1, 0.15) is 207 Å². The Bertz CT molecular complexity index is 655. The van der Waals surface area contributed by atoms with Crippen LogP contribution in [0.15, 0.2) is 0 Å². The zero-order valence-electron chi connectivity index (χ0n) is 30.4. The standard InChI is InChI=1S/C39H74O6/c1-5-9-13-16-19-21-24-27-30-36(40)44-34-39(38(42)43-33-12-8-4,32-29-26-23-18-15-11-7-3)35-45-37(41)31-28-25-22-20-17-14-10-6-2/h5-35H2,1-4H3. The van der Waals surface area contributed by atoms with Crippen LogP contribution < -0.4 is 0 Å². The molecule has 266 valence electrons. The SMILES string of the molecule is CCCCCCCCCCC(=O)OCC(CCCCCCCCC)(COC(=O)CCCCCCCCCC)C(=O)OCCCC. The van der Waals surface area contributed by atoms with E-state index in [-0.39, 0.29) is 25.2 Å². The van der Waals surface area contributed by atoms with Crippen molar-refractivity contribution in [2.75, 3.05) is 19.8 Å². The van der Waals surface area contributed by atoms with Crippen LogP contribution in [0.4, 0.5) is 0 Å². The van der Waals surface area contributed by atoms with Crippen molar-refractivity contribution < 1.29 is 28.6 Å². The monoisotopic (exact) mass is 639 g/mol. The van der Waals surface area contributed by atoms with Crippen LogP contribution in [-0.4, -0.2) is 37.7 Å². The number of hydrogen-bond acceptors (Lipinski definition) is 6. The molecule has 0 aliphatic carbocycles. The highest BCUT2D eigenvalue weighted by Crippen LogP contribution is 2.30. The zero-order valence-corrected chi connectivity index (χ0v) is 30.4. The first-order valence-corrected chi connectivity index (χ1v) is 19.4. The summed E-state index contributed by atoms with van der Waals surface area (Å²) in [4.78, 5) is 39.1. The molecule has 0 unspecified atom stereocenters. The zero-order chi connectivity index (χ0) is 33.3. The summed E-state index contributed by atoms with van der Waals surface area (Å²) in [5.41, 5.74) is -1.15. The van der Waals surface area contributed by atoms with Gasteiger partial charge in [-0.25, -0.2) is 0 Å². The van der Waals surface area contributed by atoms with E-state index in [9.17, 15) is 14.4 Å². The van der Waals surface area contributed by atoms with Crippen LogP contribution in [0.5, 0.6) is 0 Å². The molecule has 45 heavy (non-hydrogen) atoms. The molecule has 0 aromatic heterocycles. The van der Waals surface area contributed by atoms with Gasteiger partial charge in [-0.3, -0.25) is 14.4 Å². The van der Waals surface area contributed by atoms with E-state index in [4.69, 9.17) is 14.2 Å². The van der Waals surface area contributed by atoms with Gasteiger partial charge in [-0.05, 0) is 25.7 Å². The quantitative estimate of drug-likeness (QED) is 0.0396. The Morgan fingerprint density at radius 1 is 0.400 bits per heavy atom. The topological polar surface area (TPSA) is 78.9 Å². The van der Waals surface area contributed by atoms with E-state index >= 15 is 0 Å². The average molecular weight is 639 g/mol. The number of unbranched alkanes of at least 4 members (excludes halogenated alkanes) is 21. The summed E-state index contributed by atoms with van der Waals surface area (Å²) >= 11 is 0. The molecule has 6 heteroatoms. The van der Waals surface area contributed by atoms with Gasteiger partial charge in [0, 0.05) is 12.8 Å². The lowest BCUT2D eigenvalue weighted by Gasteiger charge is -2.30. The van der Waals surface area contributed by atoms with E-state index in [1.165, 1.54) is 89.9 Å². The molecule has 0 rings (SSSR count). The number of carbonyl (C=O) groups is 3. The normalized spacial score (nSPS) is 11.5. The van der Waals surface area contributed by atoms with Crippen molar-refractivity contribution in [2.45, 2.75) is 207 Å². The lowest BCUT2D eigenvalue weighted by atomic mass is 9.83. The van der Waals surface area contributed by atoms with Crippen molar-refractivity contribution in [3.8, 4) is 0 Å². The number of esters is 3. The molecule has 0 aromatic rings. The number of hydrogen-bond donors (Lipinski definition) is 0. The van der Waals surface area contributed by atoms with E-state index in [0.717, 1.165) is 70.6 Å². The fourth-order valence-corrected chi connectivity index (χ4v) is 5.68. The predicted molar refractivity (Wildman–Crippen MR) is 187 cm³/mol. The van der Waals surface area contributed by atoms with E-state index in [1.807, 2.05) is 0 Å². The Morgan fingerprint density at radius 2 is 0.733 bits per heavy atom. The minimum absolute atomic E-state index is 0.0886. The van der Waals surface area contributed by atoms with Crippen molar-refractivity contribution >= 4 is 17.9 Å². The Labute approximate surface area is 278 Å². The number of carbonyl (C=O) groups excluding carboxylic acids is 3. The first-order valence-electron chi connectivity index (χ1n) is 19.4. The van der Waals surface area contributed by atoms with Crippen LogP contribution in [0, 0.1) is 5.41 Å². The van der Waals surface area contributed by atoms with Gasteiger partial charge < -0.3 is 14.2 Å². The second-order valence-electron chi connectivity index (χ2n) is 13.4. The largest absolute Gasteiger partial charge is 0.465 e. The molecule has 0 amide bonds. The molecule has 0 saturated heterocycles. The summed E-state index contributed by atoms with van der Waals surface area (Å²) < 4.78 is 17.2. The third kappa shape index (κ3) is 26.2. The molecule has 0 aliphatic rings. The molecule has 0 fully saturated rings. The van der Waals surface area contributed by atoms with Gasteiger partial charge in [-0.2, -0.15) is 0 Å². The van der Waals surface area contributed by atoms with E-state index in [2.05, 4.69) is 27.7 Å². The highest BCUT2D eigenvalue weighted by Gasteiger charge is 2.43. The fraction of sp³-hybridized carbons (Fsp3) is 0.923. The highest BCUT2D eigenvalue weighted by atomic mass is 16.6. The minimum atomic E-state index is -1.15. The van der Waals surface area contributed by atoms with Crippen molar-refractivity contribution in [3.63, 3.8) is 0 Å². The summed E-state index contributed by atoms with van der Waals surface area (Å²) in [6, 6.07) is 0. The maximum Gasteiger partial charge on any atom is 0.319 e. The minimum Gasteiger partial charge on any atom is -0.465 e. The van der Waals surface area contributed by atoms with Crippen LogP contribution in [0.2, 0.25) is 0 Å². The molecule has 0 N–H and O–H groups in total. The Morgan fingerprint density at radius 3 is 1.11 bits per heavy atom.